The van der Waals surface area contributed by atoms with Crippen LogP contribution in [0.1, 0.15) is 13.8 Å². The van der Waals surface area contributed by atoms with E-state index in [2.05, 4.69) is 0 Å². The highest BCUT2D eigenvalue weighted by atomic mass is 31.1. The maximum Gasteiger partial charge on any atom is 0.585 e. The molecule has 1 N–H and O–H groups in total. The lowest BCUT2D eigenvalue weighted by molar-refractivity contribution is -0.114. The van der Waals surface area contributed by atoms with E-state index in [1.807, 2.05) is 0 Å². The molecule has 0 heterocycles. The van der Waals surface area contributed by atoms with Crippen molar-refractivity contribution in [3.8, 4) is 0 Å². The number of carbonyl (C=O) groups excluding carboxylic acids is 1. The molecule has 0 aliphatic rings. The Morgan fingerprint density at radius 1 is 1.62 bits per heavy atom. The van der Waals surface area contributed by atoms with Gasteiger partial charge in [-0.3, -0.25) is 0 Å². The topological polar surface area (TPSA) is 54.4 Å². The Labute approximate surface area is 48.6 Å². The molecule has 1 unspecified atom stereocenters. The summed E-state index contributed by atoms with van der Waals surface area (Å²) < 4.78 is 9.94. The van der Waals surface area contributed by atoms with Crippen molar-refractivity contribution in [3.63, 3.8) is 0 Å². The van der Waals surface area contributed by atoms with Crippen molar-refractivity contribution in [2.75, 3.05) is 0 Å². The van der Waals surface area contributed by atoms with Crippen molar-refractivity contribution in [3.05, 3.63) is 0 Å². The summed E-state index contributed by atoms with van der Waals surface area (Å²) in [5.41, 5.74) is -0.583. The standard InChI is InChI=1S/C4H7O3P/c1-3(2)4(5)8(6)7/h3H,1-2H3/p+1. The average Bonchev–Trinajstić information content (AvgIpc) is 1.64. The Hall–Kier alpha value is -0.270. The predicted molar refractivity (Wildman–Crippen MR) is 29.7 cm³/mol. The van der Waals surface area contributed by atoms with Crippen molar-refractivity contribution in [1.29, 1.82) is 0 Å². The van der Waals surface area contributed by atoms with Crippen LogP contribution in [0.15, 0.2) is 0 Å². The van der Waals surface area contributed by atoms with Crippen LogP contribution in [-0.2, 0) is 9.36 Å². The molecule has 1 atom stereocenters. The molecular weight excluding hydrogens is 127 g/mol. The minimum Gasteiger partial charge on any atom is -0.236 e. The molecule has 0 aromatic heterocycles. The molecule has 0 aliphatic carbocycles. The fourth-order valence-electron chi connectivity index (χ4n) is 0.221. The molecular formula is C4H8O3P+. The van der Waals surface area contributed by atoms with Crippen molar-refractivity contribution < 1.29 is 14.3 Å². The molecule has 0 saturated heterocycles. The van der Waals surface area contributed by atoms with Crippen molar-refractivity contribution in [2.24, 2.45) is 5.92 Å². The first kappa shape index (κ1) is 7.73. The van der Waals surface area contributed by atoms with Crippen LogP contribution in [0.3, 0.4) is 0 Å². The van der Waals surface area contributed by atoms with Gasteiger partial charge in [-0.15, -0.1) is 0 Å². The van der Waals surface area contributed by atoms with Gasteiger partial charge in [-0.25, -0.2) is 4.79 Å². The minimum absolute atomic E-state index is 0.330. The summed E-state index contributed by atoms with van der Waals surface area (Å²) in [6, 6.07) is 0. The van der Waals surface area contributed by atoms with Gasteiger partial charge >= 0.3 is 13.6 Å². The molecule has 0 bridgehead atoms. The summed E-state index contributed by atoms with van der Waals surface area (Å²) in [7, 11) is -2.59. The molecule has 0 aliphatic heterocycles. The van der Waals surface area contributed by atoms with Gasteiger partial charge in [0, 0.05) is 0 Å². The normalized spacial score (nSPS) is 11.8. The molecule has 0 fully saturated rings. The second-order valence-corrected chi connectivity index (χ2v) is 2.75. The molecule has 0 spiro atoms. The summed E-state index contributed by atoms with van der Waals surface area (Å²) in [6.07, 6.45) is 0. The lowest BCUT2D eigenvalue weighted by atomic mass is 10.3. The Bertz CT molecular complexity index is 118. The summed E-state index contributed by atoms with van der Waals surface area (Å²) in [4.78, 5) is 18.5. The van der Waals surface area contributed by atoms with Crippen molar-refractivity contribution in [1.82, 2.24) is 0 Å². The molecule has 0 rings (SSSR count). The van der Waals surface area contributed by atoms with Crippen molar-refractivity contribution >= 4 is 13.6 Å². The van der Waals surface area contributed by atoms with E-state index in [0.717, 1.165) is 0 Å². The van der Waals surface area contributed by atoms with Crippen LogP contribution in [0.25, 0.3) is 0 Å². The van der Waals surface area contributed by atoms with Gasteiger partial charge in [-0.1, -0.05) is 13.8 Å². The largest absolute Gasteiger partial charge is 0.585 e. The quantitative estimate of drug-likeness (QED) is 0.572. The van der Waals surface area contributed by atoms with E-state index in [4.69, 9.17) is 4.89 Å². The Morgan fingerprint density at radius 2 is 2.00 bits per heavy atom. The van der Waals surface area contributed by atoms with Gasteiger partial charge < -0.3 is 0 Å². The van der Waals surface area contributed by atoms with E-state index >= 15 is 0 Å². The van der Waals surface area contributed by atoms with Gasteiger partial charge in [0.15, 0.2) is 0 Å². The number of carbonyl (C=O) groups is 1. The van der Waals surface area contributed by atoms with Crippen LogP contribution in [0.5, 0.6) is 0 Å². The molecule has 8 heavy (non-hydrogen) atoms. The monoisotopic (exact) mass is 135 g/mol. The van der Waals surface area contributed by atoms with E-state index in [0.29, 0.717) is 0 Å². The highest BCUT2D eigenvalue weighted by Gasteiger charge is 2.28. The Balaban J connectivity index is 3.84. The highest BCUT2D eigenvalue weighted by Crippen LogP contribution is 2.19. The second-order valence-electron chi connectivity index (χ2n) is 1.77. The third kappa shape index (κ3) is 2.15. The van der Waals surface area contributed by atoms with Gasteiger partial charge in [0.1, 0.15) is 0 Å². The molecule has 0 aromatic carbocycles. The van der Waals surface area contributed by atoms with Crippen LogP contribution in [-0.4, -0.2) is 10.4 Å². The van der Waals surface area contributed by atoms with Gasteiger partial charge in [0.05, 0.1) is 5.92 Å². The highest BCUT2D eigenvalue weighted by molar-refractivity contribution is 7.58. The number of hydrogen-bond acceptors (Lipinski definition) is 2. The van der Waals surface area contributed by atoms with Crippen LogP contribution in [0.2, 0.25) is 0 Å². The van der Waals surface area contributed by atoms with Crippen LogP contribution >= 0.6 is 8.03 Å². The number of hydrogen-bond donors (Lipinski definition) is 1. The third-order valence-electron chi connectivity index (χ3n) is 0.682. The molecule has 46 valence electrons. The Morgan fingerprint density at radius 3 is 2.00 bits per heavy atom. The average molecular weight is 135 g/mol. The Kier molecular flexibility index (Phi) is 2.80. The minimum atomic E-state index is -2.59. The first-order valence-electron chi connectivity index (χ1n) is 2.25. The van der Waals surface area contributed by atoms with Gasteiger partial charge in [0.2, 0.25) is 0 Å². The summed E-state index contributed by atoms with van der Waals surface area (Å²) in [5.74, 6) is -0.330. The lowest BCUT2D eigenvalue weighted by Crippen LogP contribution is -1.99. The lowest BCUT2D eigenvalue weighted by Gasteiger charge is -1.84. The summed E-state index contributed by atoms with van der Waals surface area (Å²) in [5, 5.41) is 0. The van der Waals surface area contributed by atoms with Gasteiger partial charge in [-0.05, 0) is 4.57 Å². The second kappa shape index (κ2) is 2.90. The molecule has 0 aromatic rings. The fourth-order valence-corrected chi connectivity index (χ4v) is 0.663. The van der Waals surface area contributed by atoms with E-state index in [1.54, 1.807) is 13.8 Å². The van der Waals surface area contributed by atoms with Gasteiger partial charge in [0.25, 0.3) is 0 Å². The summed E-state index contributed by atoms with van der Waals surface area (Å²) in [6.45, 7) is 3.18. The maximum absolute atomic E-state index is 10.3. The van der Waals surface area contributed by atoms with Crippen LogP contribution in [0.4, 0.5) is 0 Å². The molecule has 0 radical (unpaired) electrons. The molecule has 4 heteroatoms. The van der Waals surface area contributed by atoms with Crippen LogP contribution < -0.4 is 0 Å². The van der Waals surface area contributed by atoms with Crippen molar-refractivity contribution in [2.45, 2.75) is 13.8 Å². The SMILES string of the molecule is CC(C)C(=O)[P+](=O)O. The van der Waals surface area contributed by atoms with E-state index < -0.39 is 13.6 Å². The first-order chi connectivity index (χ1) is 3.55. The molecule has 0 saturated carbocycles. The van der Waals surface area contributed by atoms with Gasteiger partial charge in [-0.2, -0.15) is 4.89 Å². The maximum atomic E-state index is 10.3. The zero-order chi connectivity index (χ0) is 6.73. The zero-order valence-electron chi connectivity index (χ0n) is 4.79. The van der Waals surface area contributed by atoms with E-state index in [1.165, 1.54) is 0 Å². The smallest absolute Gasteiger partial charge is 0.236 e. The molecule has 0 amide bonds. The van der Waals surface area contributed by atoms with E-state index in [9.17, 15) is 9.36 Å². The first-order valence-corrected chi connectivity index (χ1v) is 3.47. The van der Waals surface area contributed by atoms with E-state index in [-0.39, 0.29) is 5.92 Å². The zero-order valence-corrected chi connectivity index (χ0v) is 5.68. The molecule has 3 nitrogen and oxygen atoms in total. The van der Waals surface area contributed by atoms with Crippen LogP contribution in [0, 0.1) is 5.92 Å². The fraction of sp³-hybridized carbons (Fsp3) is 0.750. The third-order valence-corrected chi connectivity index (χ3v) is 1.58. The predicted octanol–water partition coefficient (Wildman–Crippen LogP) is 0.904. The summed E-state index contributed by atoms with van der Waals surface area (Å²) >= 11 is 0. The number of rotatable bonds is 2.